The number of rotatable bonds is 4. The molecule has 2 unspecified atom stereocenters. The van der Waals surface area contributed by atoms with Crippen LogP contribution < -0.4 is 5.32 Å². The Balaban J connectivity index is 1.77. The maximum atomic E-state index is 11.4. The van der Waals surface area contributed by atoms with Crippen molar-refractivity contribution in [2.45, 2.75) is 19.0 Å². The van der Waals surface area contributed by atoms with E-state index < -0.39 is 16.9 Å². The van der Waals surface area contributed by atoms with Gasteiger partial charge in [-0.15, -0.1) is 11.3 Å². The molecule has 1 aromatic heterocycles. The fourth-order valence-electron chi connectivity index (χ4n) is 1.33. The first kappa shape index (κ1) is 10.0. The lowest BCUT2D eigenvalue weighted by atomic mass is 10.4. The molecule has 7 heteroatoms. The van der Waals surface area contributed by atoms with Gasteiger partial charge in [0.05, 0.1) is 6.54 Å². The van der Waals surface area contributed by atoms with E-state index in [2.05, 4.69) is 10.3 Å². The highest BCUT2D eigenvalue weighted by Gasteiger charge is 2.53. The molecule has 0 saturated heterocycles. The van der Waals surface area contributed by atoms with Crippen LogP contribution in [-0.2, 0) is 11.3 Å². The number of aromatic nitrogens is 1. The van der Waals surface area contributed by atoms with Crippen LogP contribution in [0, 0.1) is 16.0 Å². The molecule has 0 spiro atoms. The molecule has 15 heavy (non-hydrogen) atoms. The lowest BCUT2D eigenvalue weighted by Crippen LogP contribution is -2.26. The van der Waals surface area contributed by atoms with E-state index in [4.69, 9.17) is 0 Å². The Morgan fingerprint density at radius 3 is 3.13 bits per heavy atom. The first-order chi connectivity index (χ1) is 7.18. The summed E-state index contributed by atoms with van der Waals surface area (Å²) in [6, 6.07) is -0.679. The van der Waals surface area contributed by atoms with Crippen molar-refractivity contribution >= 4 is 17.2 Å². The summed E-state index contributed by atoms with van der Waals surface area (Å²) in [6.07, 6.45) is 2.01. The molecule has 1 aliphatic carbocycles. The fraction of sp³-hybridized carbons (Fsp3) is 0.500. The predicted molar refractivity (Wildman–Crippen MR) is 52.9 cm³/mol. The zero-order valence-corrected chi connectivity index (χ0v) is 8.57. The van der Waals surface area contributed by atoms with Gasteiger partial charge in [-0.1, -0.05) is 0 Å². The summed E-state index contributed by atoms with van der Waals surface area (Å²) in [7, 11) is 0. The minimum absolute atomic E-state index is 0.244. The van der Waals surface area contributed by atoms with Crippen LogP contribution >= 0.6 is 11.3 Å². The Hall–Kier alpha value is -1.50. The van der Waals surface area contributed by atoms with Gasteiger partial charge in [0, 0.05) is 22.9 Å². The molecule has 0 radical (unpaired) electrons. The van der Waals surface area contributed by atoms with Crippen molar-refractivity contribution < 1.29 is 9.72 Å². The minimum Gasteiger partial charge on any atom is -0.349 e. The molecule has 0 aromatic carbocycles. The normalized spacial score (nSPS) is 23.5. The standard InChI is InChI=1S/C8H9N3O3S/c12-8(5-3-6(5)11(13)14)10-4-7-9-1-2-15-7/h1-2,5-6H,3-4H2,(H,10,12). The van der Waals surface area contributed by atoms with Crippen LogP contribution in [0.1, 0.15) is 11.4 Å². The minimum atomic E-state index is -0.679. The number of amides is 1. The summed E-state index contributed by atoms with van der Waals surface area (Å²) in [5.74, 6) is -0.688. The first-order valence-electron chi connectivity index (χ1n) is 4.48. The molecule has 1 N–H and O–H groups in total. The van der Waals surface area contributed by atoms with Crippen molar-refractivity contribution in [2.24, 2.45) is 5.92 Å². The van der Waals surface area contributed by atoms with Gasteiger partial charge in [0.1, 0.15) is 10.9 Å². The van der Waals surface area contributed by atoms with Crippen LogP contribution in [0.15, 0.2) is 11.6 Å². The van der Waals surface area contributed by atoms with Crippen LogP contribution in [0.2, 0.25) is 0 Å². The van der Waals surface area contributed by atoms with Gasteiger partial charge in [-0.25, -0.2) is 4.98 Å². The molecular weight excluding hydrogens is 218 g/mol. The second-order valence-corrected chi connectivity index (χ2v) is 4.32. The number of carbonyl (C=O) groups excluding carboxylic acids is 1. The summed E-state index contributed by atoms with van der Waals surface area (Å²) in [5.41, 5.74) is 0. The first-order valence-corrected chi connectivity index (χ1v) is 5.36. The fourth-order valence-corrected chi connectivity index (χ4v) is 1.89. The lowest BCUT2D eigenvalue weighted by Gasteiger charge is -1.99. The second kappa shape index (κ2) is 3.93. The van der Waals surface area contributed by atoms with Crippen LogP contribution in [0.3, 0.4) is 0 Å². The second-order valence-electron chi connectivity index (χ2n) is 3.34. The van der Waals surface area contributed by atoms with Crippen molar-refractivity contribution in [3.8, 4) is 0 Å². The van der Waals surface area contributed by atoms with Crippen LogP contribution in [-0.4, -0.2) is 21.9 Å². The Morgan fingerprint density at radius 1 is 1.80 bits per heavy atom. The molecule has 1 amide bonds. The lowest BCUT2D eigenvalue weighted by molar-refractivity contribution is -0.497. The van der Waals surface area contributed by atoms with Crippen molar-refractivity contribution in [3.63, 3.8) is 0 Å². The van der Waals surface area contributed by atoms with E-state index in [1.165, 1.54) is 11.3 Å². The SMILES string of the molecule is O=C(NCc1nccs1)C1CC1[N+](=O)[O-]. The van der Waals surface area contributed by atoms with Crippen molar-refractivity contribution in [2.75, 3.05) is 0 Å². The molecule has 1 aliphatic rings. The molecule has 1 aromatic rings. The van der Waals surface area contributed by atoms with Gasteiger partial charge < -0.3 is 5.32 Å². The number of hydrogen-bond donors (Lipinski definition) is 1. The summed E-state index contributed by atoms with van der Waals surface area (Å²) in [6.45, 7) is 0.359. The number of thiazole rings is 1. The van der Waals surface area contributed by atoms with E-state index in [1.54, 1.807) is 6.20 Å². The third kappa shape index (κ3) is 2.30. The largest absolute Gasteiger partial charge is 0.349 e. The smallest absolute Gasteiger partial charge is 0.230 e. The maximum absolute atomic E-state index is 11.4. The van der Waals surface area contributed by atoms with E-state index in [0.717, 1.165) is 5.01 Å². The number of carbonyl (C=O) groups is 1. The van der Waals surface area contributed by atoms with Crippen LogP contribution in [0.5, 0.6) is 0 Å². The summed E-state index contributed by atoms with van der Waals surface area (Å²) >= 11 is 1.44. The van der Waals surface area contributed by atoms with Gasteiger partial charge in [0.2, 0.25) is 11.9 Å². The highest BCUT2D eigenvalue weighted by Crippen LogP contribution is 2.33. The Labute approximate surface area is 89.5 Å². The maximum Gasteiger partial charge on any atom is 0.230 e. The Kier molecular flexibility index (Phi) is 2.63. The highest BCUT2D eigenvalue weighted by molar-refractivity contribution is 7.09. The van der Waals surface area contributed by atoms with Gasteiger partial charge in [-0.3, -0.25) is 14.9 Å². The van der Waals surface area contributed by atoms with Gasteiger partial charge >= 0.3 is 0 Å². The van der Waals surface area contributed by atoms with Crippen LogP contribution in [0.4, 0.5) is 0 Å². The average molecular weight is 227 g/mol. The molecule has 1 saturated carbocycles. The van der Waals surface area contributed by atoms with Gasteiger partial charge in [0.15, 0.2) is 0 Å². The number of nitrogens with one attached hydrogen (secondary N) is 1. The van der Waals surface area contributed by atoms with E-state index in [-0.39, 0.29) is 5.91 Å². The third-order valence-corrected chi connectivity index (χ3v) is 3.04. The number of nitro groups is 1. The van der Waals surface area contributed by atoms with E-state index in [0.29, 0.717) is 13.0 Å². The Bertz CT molecular complexity index is 378. The van der Waals surface area contributed by atoms with Gasteiger partial charge in [-0.2, -0.15) is 0 Å². The quantitative estimate of drug-likeness (QED) is 0.597. The third-order valence-electron chi connectivity index (χ3n) is 2.26. The zero-order valence-electron chi connectivity index (χ0n) is 7.75. The molecule has 2 rings (SSSR count). The molecule has 2 atom stereocenters. The van der Waals surface area contributed by atoms with Crippen LogP contribution in [0.25, 0.3) is 0 Å². The molecule has 0 bridgehead atoms. The predicted octanol–water partition coefficient (Wildman–Crippen LogP) is 0.424. The Morgan fingerprint density at radius 2 is 2.60 bits per heavy atom. The van der Waals surface area contributed by atoms with Gasteiger partial charge in [-0.05, 0) is 0 Å². The highest BCUT2D eigenvalue weighted by atomic mass is 32.1. The molecule has 80 valence electrons. The summed E-state index contributed by atoms with van der Waals surface area (Å²) in [5, 5.41) is 15.6. The van der Waals surface area contributed by atoms with Crippen molar-refractivity contribution in [3.05, 3.63) is 26.7 Å². The van der Waals surface area contributed by atoms with Crippen molar-refractivity contribution in [1.82, 2.24) is 10.3 Å². The van der Waals surface area contributed by atoms with Gasteiger partial charge in [0.25, 0.3) is 0 Å². The molecule has 0 aliphatic heterocycles. The monoisotopic (exact) mass is 227 g/mol. The summed E-state index contributed by atoms with van der Waals surface area (Å²) < 4.78 is 0. The molecule has 6 nitrogen and oxygen atoms in total. The molecular formula is C8H9N3O3S. The van der Waals surface area contributed by atoms with E-state index in [1.807, 2.05) is 5.38 Å². The van der Waals surface area contributed by atoms with Crippen molar-refractivity contribution in [1.29, 1.82) is 0 Å². The molecule has 1 fully saturated rings. The molecule has 1 heterocycles. The van der Waals surface area contributed by atoms with E-state index in [9.17, 15) is 14.9 Å². The average Bonchev–Trinajstić information content (AvgIpc) is 2.85. The number of nitrogens with zero attached hydrogens (tertiary/aromatic N) is 2. The summed E-state index contributed by atoms with van der Waals surface area (Å²) in [4.78, 5) is 25.3. The van der Waals surface area contributed by atoms with E-state index >= 15 is 0 Å². The number of hydrogen-bond acceptors (Lipinski definition) is 5. The topological polar surface area (TPSA) is 85.1 Å². The zero-order chi connectivity index (χ0) is 10.8.